The molecule has 0 atom stereocenters. The van der Waals surface area contributed by atoms with E-state index >= 15 is 0 Å². The van der Waals surface area contributed by atoms with Gasteiger partial charge in [-0.05, 0) is 11.1 Å². The number of hydrogen-bond acceptors (Lipinski definition) is 5. The lowest BCUT2D eigenvalue weighted by Crippen LogP contribution is -2.46. The lowest BCUT2D eigenvalue weighted by molar-refractivity contribution is -0.133. The molecule has 0 saturated carbocycles. The third-order valence-electron chi connectivity index (χ3n) is 5.31. The fraction of sp³-hybridized carbons (Fsp3) is 0.458. The number of hydrogen-bond donors (Lipinski definition) is 3. The topological polar surface area (TPSA) is 59.6 Å². The number of carbonyl (C=O) groups excluding carboxylic acids is 1. The number of nitrogens with one attached hydrogen (secondary N) is 3. The Morgan fingerprint density at radius 2 is 1.13 bits per heavy atom. The normalized spacial score (nSPS) is 16.9. The summed E-state index contributed by atoms with van der Waals surface area (Å²) in [6.07, 6.45) is 0. The summed E-state index contributed by atoms with van der Waals surface area (Å²) in [5.41, 5.74) is 2.32. The van der Waals surface area contributed by atoms with Gasteiger partial charge in [-0.2, -0.15) is 0 Å². The maximum absolute atomic E-state index is 13.3. The summed E-state index contributed by atoms with van der Waals surface area (Å²) in [4.78, 5) is 17.6. The number of nitrogens with zero attached hydrogens (tertiary/aromatic N) is 2. The van der Waals surface area contributed by atoms with Crippen molar-refractivity contribution in [2.24, 2.45) is 0 Å². The van der Waals surface area contributed by atoms with Crippen molar-refractivity contribution in [1.82, 2.24) is 25.8 Å². The Balaban J connectivity index is 1.63. The average molecular weight is 410 g/mol. The van der Waals surface area contributed by atoms with Crippen LogP contribution in [0.4, 0.5) is 0 Å². The zero-order valence-corrected chi connectivity index (χ0v) is 17.9. The van der Waals surface area contributed by atoms with Crippen molar-refractivity contribution in [2.75, 3.05) is 58.9 Å². The van der Waals surface area contributed by atoms with Crippen molar-refractivity contribution in [3.63, 3.8) is 0 Å². The molecule has 0 spiro atoms. The highest BCUT2D eigenvalue weighted by Gasteiger charge is 2.18. The molecule has 0 bridgehead atoms. The van der Waals surface area contributed by atoms with E-state index in [2.05, 4.69) is 45.1 Å². The monoisotopic (exact) mass is 409 g/mol. The van der Waals surface area contributed by atoms with Gasteiger partial charge >= 0.3 is 0 Å². The Labute approximate surface area is 180 Å². The van der Waals surface area contributed by atoms with Gasteiger partial charge in [0.25, 0.3) is 0 Å². The van der Waals surface area contributed by atoms with Crippen LogP contribution in [0.15, 0.2) is 60.7 Å². The molecule has 6 heteroatoms. The minimum atomic E-state index is 0.177. The van der Waals surface area contributed by atoms with Crippen LogP contribution in [-0.4, -0.2) is 74.6 Å². The summed E-state index contributed by atoms with van der Waals surface area (Å²) >= 11 is 0. The van der Waals surface area contributed by atoms with Crippen LogP contribution in [0, 0.1) is 0 Å². The highest BCUT2D eigenvalue weighted by atomic mass is 16.2. The van der Waals surface area contributed by atoms with Crippen LogP contribution in [-0.2, 0) is 17.9 Å². The predicted molar refractivity (Wildman–Crippen MR) is 122 cm³/mol. The molecule has 0 aromatic heterocycles. The van der Waals surface area contributed by atoms with Crippen LogP contribution in [0.3, 0.4) is 0 Å². The van der Waals surface area contributed by atoms with Crippen molar-refractivity contribution >= 4 is 5.91 Å². The van der Waals surface area contributed by atoms with Crippen molar-refractivity contribution in [2.45, 2.75) is 13.1 Å². The Hall–Kier alpha value is -2.25. The van der Waals surface area contributed by atoms with Gasteiger partial charge in [0.1, 0.15) is 0 Å². The Kier molecular flexibility index (Phi) is 9.82. The van der Waals surface area contributed by atoms with Crippen LogP contribution in [0.5, 0.6) is 0 Å². The van der Waals surface area contributed by atoms with Crippen LogP contribution < -0.4 is 16.0 Å². The third-order valence-corrected chi connectivity index (χ3v) is 5.31. The molecule has 3 N–H and O–H groups in total. The Morgan fingerprint density at radius 3 is 1.60 bits per heavy atom. The minimum Gasteiger partial charge on any atom is -0.333 e. The first-order valence-corrected chi connectivity index (χ1v) is 11.0. The van der Waals surface area contributed by atoms with Crippen LogP contribution in [0.2, 0.25) is 0 Å². The van der Waals surface area contributed by atoms with Crippen LogP contribution >= 0.6 is 0 Å². The zero-order chi connectivity index (χ0) is 20.9. The van der Waals surface area contributed by atoms with E-state index in [9.17, 15) is 4.79 Å². The number of carbonyl (C=O) groups is 1. The molecule has 1 aliphatic rings. The van der Waals surface area contributed by atoms with E-state index in [-0.39, 0.29) is 5.91 Å². The fourth-order valence-corrected chi connectivity index (χ4v) is 3.60. The standard InChI is InChI=1S/C24H35N5O/c30-24(21-28-17-15-26-13-11-25-12-14-27-16-18-28)29(19-22-7-3-1-4-8-22)20-23-9-5-2-6-10-23/h1-10,25-27H,11-21H2. The number of benzene rings is 2. The maximum atomic E-state index is 13.3. The molecule has 2 aromatic carbocycles. The molecule has 1 fully saturated rings. The van der Waals surface area contributed by atoms with Crippen molar-refractivity contribution in [1.29, 1.82) is 0 Å². The zero-order valence-electron chi connectivity index (χ0n) is 17.9. The smallest absolute Gasteiger partial charge is 0.237 e. The van der Waals surface area contributed by atoms with E-state index in [1.807, 2.05) is 41.3 Å². The summed E-state index contributed by atoms with van der Waals surface area (Å²) in [5, 5.41) is 10.3. The van der Waals surface area contributed by atoms with Crippen LogP contribution in [0.1, 0.15) is 11.1 Å². The van der Waals surface area contributed by atoms with Gasteiger partial charge in [0.05, 0.1) is 6.54 Å². The molecule has 0 aliphatic carbocycles. The maximum Gasteiger partial charge on any atom is 0.237 e. The molecule has 1 heterocycles. The molecule has 30 heavy (non-hydrogen) atoms. The quantitative estimate of drug-likeness (QED) is 0.672. The molecule has 1 amide bonds. The Bertz CT molecular complexity index is 671. The second kappa shape index (κ2) is 13.1. The summed E-state index contributed by atoms with van der Waals surface area (Å²) in [6, 6.07) is 20.5. The minimum absolute atomic E-state index is 0.177. The van der Waals surface area contributed by atoms with Gasteiger partial charge in [0, 0.05) is 65.4 Å². The lowest BCUT2D eigenvalue weighted by atomic mass is 10.1. The summed E-state index contributed by atoms with van der Waals surface area (Å²) in [5.74, 6) is 0.177. The summed E-state index contributed by atoms with van der Waals surface area (Å²) < 4.78 is 0. The van der Waals surface area contributed by atoms with Crippen LogP contribution in [0.25, 0.3) is 0 Å². The van der Waals surface area contributed by atoms with Crippen molar-refractivity contribution in [3.05, 3.63) is 71.8 Å². The number of rotatable bonds is 6. The van der Waals surface area contributed by atoms with E-state index in [4.69, 9.17) is 0 Å². The van der Waals surface area contributed by atoms with E-state index in [0.717, 1.165) is 63.5 Å². The van der Waals surface area contributed by atoms with E-state index < -0.39 is 0 Å². The van der Waals surface area contributed by atoms with Gasteiger partial charge in [-0.3, -0.25) is 9.69 Å². The fourth-order valence-electron chi connectivity index (χ4n) is 3.60. The Morgan fingerprint density at radius 1 is 0.700 bits per heavy atom. The molecule has 3 rings (SSSR count). The van der Waals surface area contributed by atoms with Crippen molar-refractivity contribution < 1.29 is 4.79 Å². The molecule has 0 unspecified atom stereocenters. The first-order valence-electron chi connectivity index (χ1n) is 11.0. The molecular weight excluding hydrogens is 374 g/mol. The van der Waals surface area contributed by atoms with E-state index in [1.54, 1.807) is 0 Å². The molecule has 162 valence electrons. The van der Waals surface area contributed by atoms with E-state index in [0.29, 0.717) is 19.6 Å². The molecular formula is C24H35N5O. The van der Waals surface area contributed by atoms with Gasteiger partial charge in [-0.15, -0.1) is 0 Å². The molecule has 1 saturated heterocycles. The van der Waals surface area contributed by atoms with Crippen molar-refractivity contribution in [3.8, 4) is 0 Å². The summed E-state index contributed by atoms with van der Waals surface area (Å²) in [6.45, 7) is 9.10. The highest BCUT2D eigenvalue weighted by Crippen LogP contribution is 2.11. The third kappa shape index (κ3) is 8.24. The van der Waals surface area contributed by atoms with E-state index in [1.165, 1.54) is 0 Å². The SMILES string of the molecule is O=C(CN1CCNCCNCCNCC1)N(Cc1ccccc1)Cc1ccccc1. The van der Waals surface area contributed by atoms with Gasteiger partial charge in [-0.25, -0.2) is 0 Å². The van der Waals surface area contributed by atoms with Gasteiger partial charge in [-0.1, -0.05) is 60.7 Å². The first-order chi connectivity index (χ1) is 14.8. The van der Waals surface area contributed by atoms with Gasteiger partial charge in [0.15, 0.2) is 0 Å². The second-order valence-corrected chi connectivity index (χ2v) is 7.75. The largest absolute Gasteiger partial charge is 0.333 e. The van der Waals surface area contributed by atoms with Gasteiger partial charge < -0.3 is 20.9 Å². The first kappa shape index (κ1) is 22.4. The molecule has 6 nitrogen and oxygen atoms in total. The molecule has 1 aliphatic heterocycles. The summed E-state index contributed by atoms with van der Waals surface area (Å²) in [7, 11) is 0. The second-order valence-electron chi connectivity index (χ2n) is 7.75. The molecule has 2 aromatic rings. The van der Waals surface area contributed by atoms with Gasteiger partial charge in [0.2, 0.25) is 5.91 Å². The average Bonchev–Trinajstić information content (AvgIpc) is 2.76. The number of amides is 1. The highest BCUT2D eigenvalue weighted by molar-refractivity contribution is 5.78. The lowest BCUT2D eigenvalue weighted by Gasteiger charge is -2.28. The predicted octanol–water partition coefficient (Wildman–Crippen LogP) is 1.30. The molecule has 0 radical (unpaired) electrons.